The summed E-state index contributed by atoms with van der Waals surface area (Å²) in [6, 6.07) is 11.4. The lowest BCUT2D eigenvalue weighted by Crippen LogP contribution is -2.30. The van der Waals surface area contributed by atoms with Crippen molar-refractivity contribution in [1.82, 2.24) is 4.90 Å². The summed E-state index contributed by atoms with van der Waals surface area (Å²) in [5.74, 6) is -0.0432. The molecule has 0 aromatic heterocycles. The number of hydrogen-bond acceptors (Lipinski definition) is 6. The van der Waals surface area contributed by atoms with Crippen molar-refractivity contribution in [2.45, 2.75) is 32.7 Å². The Kier molecular flexibility index (Phi) is 7.41. The molecule has 0 spiro atoms. The van der Waals surface area contributed by atoms with Gasteiger partial charge in [-0.1, -0.05) is 26.0 Å². The van der Waals surface area contributed by atoms with E-state index in [1.54, 1.807) is 18.2 Å². The summed E-state index contributed by atoms with van der Waals surface area (Å²) in [5.41, 5.74) is 1.11. The van der Waals surface area contributed by atoms with Crippen molar-refractivity contribution < 1.29 is 28.9 Å². The summed E-state index contributed by atoms with van der Waals surface area (Å²) in [4.78, 5) is 27.4. The molecule has 1 atom stereocenters. The molecule has 1 saturated heterocycles. The van der Waals surface area contributed by atoms with E-state index in [4.69, 9.17) is 14.2 Å². The highest BCUT2D eigenvalue weighted by Crippen LogP contribution is 2.41. The average Bonchev–Trinajstić information content (AvgIpc) is 3.07. The lowest BCUT2D eigenvalue weighted by Gasteiger charge is -2.25. The number of aliphatic hydroxyl groups excluding tert-OH is 1. The Morgan fingerprint density at radius 1 is 1.00 bits per heavy atom. The quantitative estimate of drug-likeness (QED) is 0.356. The topological polar surface area (TPSA) is 85.3 Å². The number of hydrogen-bond donors (Lipinski definition) is 1. The Hall–Kier alpha value is -3.48. The Balaban J connectivity index is 2.15. The van der Waals surface area contributed by atoms with E-state index < -0.39 is 17.7 Å². The molecule has 0 radical (unpaired) electrons. The molecule has 1 N–H and O–H groups in total. The van der Waals surface area contributed by atoms with Gasteiger partial charge in [-0.3, -0.25) is 9.59 Å². The van der Waals surface area contributed by atoms with E-state index in [1.165, 1.54) is 19.1 Å². The molecule has 170 valence electrons. The normalized spacial score (nSPS) is 17.5. The zero-order valence-corrected chi connectivity index (χ0v) is 18.9. The molecule has 1 heterocycles. The van der Waals surface area contributed by atoms with E-state index in [9.17, 15) is 14.7 Å². The van der Waals surface area contributed by atoms with E-state index in [-0.39, 0.29) is 11.3 Å². The van der Waals surface area contributed by atoms with Crippen LogP contribution in [0.15, 0.2) is 48.0 Å². The molecular formula is C25H29NO6. The number of rotatable bonds is 9. The van der Waals surface area contributed by atoms with Gasteiger partial charge in [-0.05, 0) is 48.7 Å². The van der Waals surface area contributed by atoms with Crippen molar-refractivity contribution in [2.24, 2.45) is 0 Å². The summed E-state index contributed by atoms with van der Waals surface area (Å²) in [6.07, 6.45) is 1.53. The number of methoxy groups -OCH3 is 2. The maximum atomic E-state index is 13.0. The first kappa shape index (κ1) is 23.2. The third kappa shape index (κ3) is 4.42. The van der Waals surface area contributed by atoms with E-state index in [0.717, 1.165) is 6.42 Å². The summed E-state index contributed by atoms with van der Waals surface area (Å²) in [5, 5.41) is 11.2. The SMILES string of the molecule is CCCOc1cccc(C2/C(=C(\O)c3ccc(OC)c(OC)c3)C(=O)C(=O)N2CCC)c1. The number of Topliss-reactive ketones (excluding diaryl/α,β-unsaturated/α-hetero) is 1. The van der Waals surface area contributed by atoms with Crippen LogP contribution in [0.1, 0.15) is 43.9 Å². The predicted molar refractivity (Wildman–Crippen MR) is 121 cm³/mol. The van der Waals surface area contributed by atoms with E-state index in [0.29, 0.717) is 47.9 Å². The monoisotopic (exact) mass is 439 g/mol. The largest absolute Gasteiger partial charge is 0.507 e. The first-order valence-corrected chi connectivity index (χ1v) is 10.7. The Bertz CT molecular complexity index is 1030. The van der Waals surface area contributed by atoms with Crippen LogP contribution in [-0.4, -0.2) is 49.1 Å². The van der Waals surface area contributed by atoms with Crippen LogP contribution in [0.3, 0.4) is 0 Å². The molecular weight excluding hydrogens is 410 g/mol. The number of carbonyl (C=O) groups excluding carboxylic acids is 2. The zero-order chi connectivity index (χ0) is 23.3. The van der Waals surface area contributed by atoms with Gasteiger partial charge in [0.1, 0.15) is 11.5 Å². The van der Waals surface area contributed by atoms with Crippen molar-refractivity contribution in [3.05, 3.63) is 59.2 Å². The molecule has 7 nitrogen and oxygen atoms in total. The fourth-order valence-corrected chi connectivity index (χ4v) is 3.83. The van der Waals surface area contributed by atoms with Crippen LogP contribution >= 0.6 is 0 Å². The molecule has 1 amide bonds. The second-order valence-electron chi connectivity index (χ2n) is 7.48. The van der Waals surface area contributed by atoms with E-state index >= 15 is 0 Å². The zero-order valence-electron chi connectivity index (χ0n) is 18.9. The van der Waals surface area contributed by atoms with Gasteiger partial charge in [0.05, 0.1) is 32.4 Å². The van der Waals surface area contributed by atoms with Gasteiger partial charge in [0.2, 0.25) is 0 Å². The van der Waals surface area contributed by atoms with Crippen molar-refractivity contribution in [3.63, 3.8) is 0 Å². The average molecular weight is 440 g/mol. The van der Waals surface area contributed by atoms with Gasteiger partial charge in [-0.25, -0.2) is 0 Å². The van der Waals surface area contributed by atoms with Crippen molar-refractivity contribution in [2.75, 3.05) is 27.4 Å². The molecule has 1 unspecified atom stereocenters. The Labute approximate surface area is 188 Å². The van der Waals surface area contributed by atoms with Crippen molar-refractivity contribution in [3.8, 4) is 17.2 Å². The molecule has 0 aliphatic carbocycles. The second-order valence-corrected chi connectivity index (χ2v) is 7.48. The van der Waals surface area contributed by atoms with Gasteiger partial charge in [-0.2, -0.15) is 0 Å². The first-order valence-electron chi connectivity index (χ1n) is 10.7. The second kappa shape index (κ2) is 10.2. The van der Waals surface area contributed by atoms with Crippen molar-refractivity contribution in [1.29, 1.82) is 0 Å². The number of benzene rings is 2. The fourth-order valence-electron chi connectivity index (χ4n) is 3.83. The number of amides is 1. The third-order valence-electron chi connectivity index (χ3n) is 5.31. The highest BCUT2D eigenvalue weighted by atomic mass is 16.5. The maximum Gasteiger partial charge on any atom is 0.295 e. The number of carbonyl (C=O) groups is 2. The van der Waals surface area contributed by atoms with Crippen molar-refractivity contribution >= 4 is 17.4 Å². The summed E-state index contributed by atoms with van der Waals surface area (Å²) >= 11 is 0. The minimum atomic E-state index is -0.715. The summed E-state index contributed by atoms with van der Waals surface area (Å²) in [6.45, 7) is 4.90. The third-order valence-corrected chi connectivity index (χ3v) is 5.31. The van der Waals surface area contributed by atoms with Gasteiger partial charge >= 0.3 is 0 Å². The number of nitrogens with zero attached hydrogens (tertiary/aromatic N) is 1. The predicted octanol–water partition coefficient (Wildman–Crippen LogP) is 4.32. The van der Waals surface area contributed by atoms with E-state index in [2.05, 4.69) is 0 Å². The smallest absolute Gasteiger partial charge is 0.295 e. The van der Waals surface area contributed by atoms with Crippen LogP contribution in [-0.2, 0) is 9.59 Å². The molecule has 2 aromatic carbocycles. The molecule has 0 bridgehead atoms. The fraction of sp³-hybridized carbons (Fsp3) is 0.360. The van der Waals surface area contributed by atoms with Crippen LogP contribution in [0.25, 0.3) is 5.76 Å². The molecule has 1 aliphatic rings. The van der Waals surface area contributed by atoms with E-state index in [1.807, 2.05) is 38.1 Å². The van der Waals surface area contributed by atoms with Gasteiger partial charge < -0.3 is 24.2 Å². The van der Waals surface area contributed by atoms with Crippen LogP contribution in [0.4, 0.5) is 0 Å². The van der Waals surface area contributed by atoms with Gasteiger partial charge in [0.15, 0.2) is 11.5 Å². The minimum Gasteiger partial charge on any atom is -0.507 e. The van der Waals surface area contributed by atoms with Crippen LogP contribution in [0.5, 0.6) is 17.2 Å². The molecule has 3 rings (SSSR count). The number of likely N-dealkylation sites (tertiary alicyclic amines) is 1. The molecule has 7 heteroatoms. The number of ketones is 1. The van der Waals surface area contributed by atoms with Crippen LogP contribution in [0.2, 0.25) is 0 Å². The maximum absolute atomic E-state index is 13.0. The van der Waals surface area contributed by atoms with Gasteiger partial charge in [0.25, 0.3) is 11.7 Å². The highest BCUT2D eigenvalue weighted by molar-refractivity contribution is 6.46. The summed E-state index contributed by atoms with van der Waals surface area (Å²) < 4.78 is 16.3. The molecule has 0 saturated carbocycles. The number of ether oxygens (including phenoxy) is 3. The lowest BCUT2D eigenvalue weighted by atomic mass is 9.95. The molecule has 1 fully saturated rings. The Morgan fingerprint density at radius 2 is 1.75 bits per heavy atom. The first-order chi connectivity index (χ1) is 15.5. The standard InChI is InChI=1S/C25H29NO6/c1-5-12-26-22(16-8-7-9-18(14-16)32-13-6-2)21(24(28)25(26)29)23(27)17-10-11-19(30-3)20(15-17)31-4/h7-11,14-15,22,27H,5-6,12-13H2,1-4H3/b23-21+. The molecule has 2 aromatic rings. The van der Waals surface area contributed by atoms with Crippen LogP contribution in [0, 0.1) is 0 Å². The van der Waals surface area contributed by atoms with Gasteiger partial charge in [0, 0.05) is 12.1 Å². The molecule has 1 aliphatic heterocycles. The van der Waals surface area contributed by atoms with Gasteiger partial charge in [-0.15, -0.1) is 0 Å². The lowest BCUT2D eigenvalue weighted by molar-refractivity contribution is -0.139. The highest BCUT2D eigenvalue weighted by Gasteiger charge is 2.45. The minimum absolute atomic E-state index is 0.0447. The molecule has 32 heavy (non-hydrogen) atoms. The Morgan fingerprint density at radius 3 is 2.41 bits per heavy atom. The van der Waals surface area contributed by atoms with Crippen LogP contribution < -0.4 is 14.2 Å². The summed E-state index contributed by atoms with van der Waals surface area (Å²) in [7, 11) is 3.00. The number of aliphatic hydroxyl groups is 1.